The van der Waals surface area contributed by atoms with Crippen molar-refractivity contribution in [2.24, 2.45) is 0 Å². The largest absolute Gasteiger partial charge is 0.318 e. The fraction of sp³-hybridized carbons (Fsp3) is 0.120. The zero-order chi connectivity index (χ0) is 25.3. The second kappa shape index (κ2) is 9.55. The van der Waals surface area contributed by atoms with Gasteiger partial charge in [-0.15, -0.1) is 0 Å². The SMILES string of the molecule is Cc1cc(=O)c(C(=O)NNC(=O)c2cc(C)n(-c3ccc(F)cc3)c2C)nn1-c1ccc(Cl)cc1. The normalized spacial score (nSPS) is 10.8. The third kappa shape index (κ3) is 4.85. The first-order valence-electron chi connectivity index (χ1n) is 10.6. The molecule has 4 aromatic rings. The van der Waals surface area contributed by atoms with Crippen molar-refractivity contribution in [2.45, 2.75) is 20.8 Å². The Bertz CT molecular complexity index is 1490. The topological polar surface area (TPSA) is 98.0 Å². The molecule has 0 aliphatic carbocycles. The van der Waals surface area contributed by atoms with Crippen LogP contribution < -0.4 is 16.3 Å². The van der Waals surface area contributed by atoms with Crippen molar-refractivity contribution >= 4 is 23.4 Å². The average molecular weight is 494 g/mol. The minimum atomic E-state index is -0.863. The number of hydrogen-bond acceptors (Lipinski definition) is 4. The number of hydrazine groups is 1. The summed E-state index contributed by atoms with van der Waals surface area (Å²) in [7, 11) is 0. The van der Waals surface area contributed by atoms with Crippen LogP contribution in [-0.2, 0) is 0 Å². The number of carbonyl (C=O) groups is 2. The number of benzene rings is 2. The van der Waals surface area contributed by atoms with Crippen LogP contribution in [-0.4, -0.2) is 26.2 Å². The molecule has 8 nitrogen and oxygen atoms in total. The molecule has 0 saturated heterocycles. The van der Waals surface area contributed by atoms with E-state index in [-0.39, 0.29) is 11.5 Å². The smallest absolute Gasteiger partial charge is 0.294 e. The van der Waals surface area contributed by atoms with Gasteiger partial charge >= 0.3 is 0 Å². The predicted octanol–water partition coefficient (Wildman–Crippen LogP) is 3.82. The fourth-order valence-electron chi connectivity index (χ4n) is 3.77. The minimum Gasteiger partial charge on any atom is -0.318 e. The molecular formula is C25H21ClFN5O3. The summed E-state index contributed by atoms with van der Waals surface area (Å²) in [5.41, 5.74) is 7.08. The molecular weight excluding hydrogens is 473 g/mol. The van der Waals surface area contributed by atoms with Gasteiger partial charge in [0.2, 0.25) is 5.43 Å². The number of aryl methyl sites for hydroxylation is 2. The van der Waals surface area contributed by atoms with Gasteiger partial charge in [-0.2, -0.15) is 5.10 Å². The number of amides is 2. The third-order valence-corrected chi connectivity index (χ3v) is 5.70. The summed E-state index contributed by atoms with van der Waals surface area (Å²) in [6.45, 7) is 5.23. The Labute approximate surface area is 204 Å². The number of carbonyl (C=O) groups excluding carboxylic acids is 2. The van der Waals surface area contributed by atoms with Crippen LogP contribution in [0.25, 0.3) is 11.4 Å². The highest BCUT2D eigenvalue weighted by Gasteiger charge is 2.20. The average Bonchev–Trinajstić information content (AvgIpc) is 3.12. The number of halogens is 2. The molecule has 2 N–H and O–H groups in total. The second-order valence-corrected chi connectivity index (χ2v) is 8.33. The molecule has 4 rings (SSSR count). The van der Waals surface area contributed by atoms with Crippen LogP contribution in [0.1, 0.15) is 37.9 Å². The van der Waals surface area contributed by atoms with Crippen molar-refractivity contribution in [3.8, 4) is 11.4 Å². The molecule has 0 atom stereocenters. The highest BCUT2D eigenvalue weighted by Crippen LogP contribution is 2.21. The van der Waals surface area contributed by atoms with Crippen LogP contribution in [0.4, 0.5) is 4.39 Å². The molecule has 0 bridgehead atoms. The van der Waals surface area contributed by atoms with Crippen molar-refractivity contribution < 1.29 is 14.0 Å². The Morgan fingerprint density at radius 1 is 0.857 bits per heavy atom. The van der Waals surface area contributed by atoms with E-state index in [0.717, 1.165) is 5.69 Å². The zero-order valence-corrected chi connectivity index (χ0v) is 19.9. The standard InChI is InChI=1S/C25H21ClFN5O3/c1-14-12-21(16(3)31(14)19-10-6-18(27)7-11-19)24(34)28-29-25(35)23-22(33)13-15(2)32(30-23)20-8-4-17(26)5-9-20/h4-13H,1-3H3,(H,28,34)(H,29,35). The van der Waals surface area contributed by atoms with Crippen LogP contribution in [0.3, 0.4) is 0 Å². The van der Waals surface area contributed by atoms with Gasteiger partial charge in [0.15, 0.2) is 5.69 Å². The Hall–Kier alpha value is -4.24. The van der Waals surface area contributed by atoms with Crippen LogP contribution in [0.2, 0.25) is 5.02 Å². The first-order valence-corrected chi connectivity index (χ1v) is 11.0. The molecule has 0 aliphatic rings. The molecule has 0 fully saturated rings. The van der Waals surface area contributed by atoms with Crippen LogP contribution in [0.5, 0.6) is 0 Å². The summed E-state index contributed by atoms with van der Waals surface area (Å²) in [6, 6.07) is 15.5. The van der Waals surface area contributed by atoms with E-state index in [2.05, 4.69) is 16.0 Å². The number of hydrogen-bond donors (Lipinski definition) is 2. The van der Waals surface area contributed by atoms with E-state index in [0.29, 0.717) is 33.3 Å². The molecule has 2 amide bonds. The molecule has 0 unspecified atom stereocenters. The van der Waals surface area contributed by atoms with Crippen molar-refractivity contribution in [2.75, 3.05) is 0 Å². The van der Waals surface area contributed by atoms with Crippen molar-refractivity contribution in [3.05, 3.63) is 110 Å². The Morgan fingerprint density at radius 2 is 1.46 bits per heavy atom. The van der Waals surface area contributed by atoms with E-state index in [9.17, 15) is 18.8 Å². The van der Waals surface area contributed by atoms with Crippen molar-refractivity contribution in [1.82, 2.24) is 25.2 Å². The highest BCUT2D eigenvalue weighted by molar-refractivity contribution is 6.30. The summed E-state index contributed by atoms with van der Waals surface area (Å²) in [6.07, 6.45) is 0. The lowest BCUT2D eigenvalue weighted by molar-refractivity contribution is 0.0842. The van der Waals surface area contributed by atoms with Crippen LogP contribution in [0.15, 0.2) is 65.5 Å². The van der Waals surface area contributed by atoms with Gasteiger partial charge in [-0.1, -0.05) is 11.6 Å². The van der Waals surface area contributed by atoms with Crippen molar-refractivity contribution in [1.29, 1.82) is 0 Å². The van der Waals surface area contributed by atoms with E-state index in [4.69, 9.17) is 11.6 Å². The van der Waals surface area contributed by atoms with Gasteiger partial charge in [0, 0.05) is 33.9 Å². The van der Waals surface area contributed by atoms with Gasteiger partial charge in [0.25, 0.3) is 11.8 Å². The van der Waals surface area contributed by atoms with E-state index in [1.54, 1.807) is 67.8 Å². The first kappa shape index (κ1) is 23.9. The van der Waals surface area contributed by atoms with E-state index in [1.807, 2.05) is 0 Å². The Balaban J connectivity index is 1.54. The zero-order valence-electron chi connectivity index (χ0n) is 19.1. The molecule has 35 heavy (non-hydrogen) atoms. The maximum atomic E-state index is 13.3. The van der Waals surface area contributed by atoms with Crippen LogP contribution in [0, 0.1) is 26.6 Å². The third-order valence-electron chi connectivity index (χ3n) is 5.44. The van der Waals surface area contributed by atoms with Crippen molar-refractivity contribution in [3.63, 3.8) is 0 Å². The van der Waals surface area contributed by atoms with Gasteiger partial charge in [-0.3, -0.25) is 25.2 Å². The van der Waals surface area contributed by atoms with E-state index in [1.165, 1.54) is 22.9 Å². The lowest BCUT2D eigenvalue weighted by Crippen LogP contribution is -2.44. The summed E-state index contributed by atoms with van der Waals surface area (Å²) in [4.78, 5) is 37.9. The molecule has 0 aliphatic heterocycles. The summed E-state index contributed by atoms with van der Waals surface area (Å²) >= 11 is 5.93. The molecule has 2 heterocycles. The maximum absolute atomic E-state index is 13.3. The molecule has 10 heteroatoms. The summed E-state index contributed by atoms with van der Waals surface area (Å²) in [5.74, 6) is -1.81. The minimum absolute atomic E-state index is 0.308. The van der Waals surface area contributed by atoms with E-state index >= 15 is 0 Å². The summed E-state index contributed by atoms with van der Waals surface area (Å²) < 4.78 is 16.5. The van der Waals surface area contributed by atoms with Gasteiger partial charge in [-0.25, -0.2) is 9.07 Å². The molecule has 178 valence electrons. The van der Waals surface area contributed by atoms with Crippen LogP contribution >= 0.6 is 11.6 Å². The highest BCUT2D eigenvalue weighted by atomic mass is 35.5. The van der Waals surface area contributed by atoms with Gasteiger partial charge in [0.05, 0.1) is 11.3 Å². The quantitative estimate of drug-likeness (QED) is 0.422. The Morgan fingerprint density at radius 3 is 2.11 bits per heavy atom. The number of nitrogens with one attached hydrogen (secondary N) is 2. The fourth-order valence-corrected chi connectivity index (χ4v) is 3.89. The monoisotopic (exact) mass is 493 g/mol. The number of aromatic nitrogens is 3. The lowest BCUT2D eigenvalue weighted by Gasteiger charge is -2.12. The predicted molar refractivity (Wildman–Crippen MR) is 130 cm³/mol. The second-order valence-electron chi connectivity index (χ2n) is 7.89. The maximum Gasteiger partial charge on any atom is 0.294 e. The Kier molecular flexibility index (Phi) is 6.52. The number of rotatable bonds is 4. The molecule has 0 saturated carbocycles. The van der Waals surface area contributed by atoms with E-state index < -0.39 is 17.2 Å². The van der Waals surface area contributed by atoms with Gasteiger partial charge in [0.1, 0.15) is 5.82 Å². The molecule has 0 spiro atoms. The lowest BCUT2D eigenvalue weighted by atomic mass is 10.2. The summed E-state index contributed by atoms with van der Waals surface area (Å²) in [5, 5.41) is 4.70. The van der Waals surface area contributed by atoms with Gasteiger partial charge in [-0.05, 0) is 75.4 Å². The first-order chi connectivity index (χ1) is 16.7. The molecule has 2 aromatic carbocycles. The number of nitrogens with zero attached hydrogens (tertiary/aromatic N) is 3. The molecule has 0 radical (unpaired) electrons. The molecule has 2 aromatic heterocycles. The van der Waals surface area contributed by atoms with Gasteiger partial charge < -0.3 is 4.57 Å².